The molecule has 1 aromatic rings. The summed E-state index contributed by atoms with van der Waals surface area (Å²) < 4.78 is 0. The second-order valence-electron chi connectivity index (χ2n) is 2.58. The van der Waals surface area contributed by atoms with E-state index in [9.17, 15) is 0 Å². The van der Waals surface area contributed by atoms with Gasteiger partial charge in [-0.25, -0.2) is 0 Å². The topological polar surface area (TPSA) is 25.2 Å². The molecule has 0 aliphatic carbocycles. The molecule has 2 heteroatoms. The highest BCUT2D eigenvalue weighted by molar-refractivity contribution is 6.09. The van der Waals surface area contributed by atoms with E-state index >= 15 is 0 Å². The van der Waals surface area contributed by atoms with Crippen molar-refractivity contribution >= 4 is 11.8 Å². The van der Waals surface area contributed by atoms with Crippen molar-refractivity contribution < 1.29 is 0 Å². The molecular formula is C11H8N2. The SMILES string of the molecule is C1=CC=C(c2ccccn2)C=NC=1. The van der Waals surface area contributed by atoms with E-state index in [1.54, 1.807) is 18.6 Å². The van der Waals surface area contributed by atoms with Gasteiger partial charge in [0.2, 0.25) is 0 Å². The Labute approximate surface area is 76.7 Å². The number of pyridine rings is 1. The second-order valence-corrected chi connectivity index (χ2v) is 2.58. The van der Waals surface area contributed by atoms with Crippen LogP contribution in [0.2, 0.25) is 0 Å². The lowest BCUT2D eigenvalue weighted by Crippen LogP contribution is -1.88. The molecule has 0 aromatic carbocycles. The summed E-state index contributed by atoms with van der Waals surface area (Å²) in [4.78, 5) is 8.25. The third kappa shape index (κ3) is 1.81. The average Bonchev–Trinajstić information content (AvgIpc) is 2.47. The van der Waals surface area contributed by atoms with Gasteiger partial charge in [0.15, 0.2) is 0 Å². The Morgan fingerprint density at radius 2 is 2.23 bits per heavy atom. The van der Waals surface area contributed by atoms with Gasteiger partial charge in [-0.15, -0.1) is 5.73 Å². The molecule has 1 aromatic heterocycles. The van der Waals surface area contributed by atoms with Gasteiger partial charge in [-0.2, -0.15) is 0 Å². The van der Waals surface area contributed by atoms with Crippen molar-refractivity contribution in [1.29, 1.82) is 0 Å². The average molecular weight is 168 g/mol. The van der Waals surface area contributed by atoms with Crippen LogP contribution in [-0.4, -0.2) is 11.2 Å². The van der Waals surface area contributed by atoms with Crippen LogP contribution in [0, 0.1) is 0 Å². The highest BCUT2D eigenvalue weighted by Crippen LogP contribution is 2.09. The van der Waals surface area contributed by atoms with Gasteiger partial charge >= 0.3 is 0 Å². The van der Waals surface area contributed by atoms with E-state index in [0.717, 1.165) is 11.3 Å². The molecule has 62 valence electrons. The summed E-state index contributed by atoms with van der Waals surface area (Å²) in [5.41, 5.74) is 4.83. The van der Waals surface area contributed by atoms with Gasteiger partial charge in [0, 0.05) is 18.0 Å². The van der Waals surface area contributed by atoms with Crippen molar-refractivity contribution in [3.63, 3.8) is 0 Å². The van der Waals surface area contributed by atoms with Crippen LogP contribution in [0.3, 0.4) is 0 Å². The normalized spacial score (nSPS) is 14.0. The van der Waals surface area contributed by atoms with Crippen LogP contribution in [0.4, 0.5) is 0 Å². The monoisotopic (exact) mass is 168 g/mol. The quantitative estimate of drug-likeness (QED) is 0.590. The zero-order chi connectivity index (χ0) is 8.93. The summed E-state index contributed by atoms with van der Waals surface area (Å²) in [6, 6.07) is 5.81. The Morgan fingerprint density at radius 1 is 1.23 bits per heavy atom. The smallest absolute Gasteiger partial charge is 0.0717 e. The first-order valence-electron chi connectivity index (χ1n) is 4.02. The molecule has 0 unspecified atom stereocenters. The maximum atomic E-state index is 4.22. The van der Waals surface area contributed by atoms with Crippen molar-refractivity contribution in [1.82, 2.24) is 4.98 Å². The van der Waals surface area contributed by atoms with Crippen molar-refractivity contribution in [3.8, 4) is 0 Å². The van der Waals surface area contributed by atoms with E-state index in [0.29, 0.717) is 0 Å². The van der Waals surface area contributed by atoms with E-state index in [1.165, 1.54) is 0 Å². The number of hydrogen-bond acceptors (Lipinski definition) is 2. The van der Waals surface area contributed by atoms with Crippen molar-refractivity contribution in [2.75, 3.05) is 0 Å². The lowest BCUT2D eigenvalue weighted by atomic mass is 10.2. The molecule has 0 amide bonds. The first kappa shape index (κ1) is 7.71. The predicted molar refractivity (Wildman–Crippen MR) is 53.4 cm³/mol. The number of allylic oxidation sites excluding steroid dienone is 3. The van der Waals surface area contributed by atoms with E-state index in [-0.39, 0.29) is 0 Å². The Hall–Kier alpha value is -1.92. The Kier molecular flexibility index (Phi) is 2.17. The van der Waals surface area contributed by atoms with Crippen LogP contribution in [0.25, 0.3) is 5.57 Å². The molecule has 0 bridgehead atoms. The maximum absolute atomic E-state index is 4.22. The molecule has 0 spiro atoms. The lowest BCUT2D eigenvalue weighted by molar-refractivity contribution is 1.29. The van der Waals surface area contributed by atoms with Crippen molar-refractivity contribution in [2.24, 2.45) is 4.99 Å². The predicted octanol–water partition coefficient (Wildman–Crippen LogP) is 2.22. The summed E-state index contributed by atoms with van der Waals surface area (Å²) in [5.74, 6) is 0. The lowest BCUT2D eigenvalue weighted by Gasteiger charge is -1.97. The molecule has 0 saturated heterocycles. The Bertz CT molecular complexity index is 407. The summed E-state index contributed by atoms with van der Waals surface area (Å²) in [5, 5.41) is 0. The summed E-state index contributed by atoms with van der Waals surface area (Å²) in [6.45, 7) is 0. The zero-order valence-corrected chi connectivity index (χ0v) is 7.01. The number of hydrogen-bond donors (Lipinski definition) is 0. The minimum atomic E-state index is 0.930. The van der Waals surface area contributed by atoms with Gasteiger partial charge < -0.3 is 0 Å². The summed E-state index contributed by atoms with van der Waals surface area (Å²) in [7, 11) is 0. The fraction of sp³-hybridized carbons (Fsp3) is 0. The summed E-state index contributed by atoms with van der Waals surface area (Å²) in [6.07, 6.45) is 8.95. The van der Waals surface area contributed by atoms with Crippen LogP contribution in [0.5, 0.6) is 0 Å². The maximum Gasteiger partial charge on any atom is 0.0717 e. The molecule has 13 heavy (non-hydrogen) atoms. The number of nitrogens with zero attached hydrogens (tertiary/aromatic N) is 2. The summed E-state index contributed by atoms with van der Waals surface area (Å²) >= 11 is 0. The van der Waals surface area contributed by atoms with Crippen molar-refractivity contribution in [3.05, 3.63) is 54.2 Å². The molecule has 1 aliphatic heterocycles. The minimum absolute atomic E-state index is 0.930. The van der Waals surface area contributed by atoms with Crippen LogP contribution >= 0.6 is 0 Å². The van der Waals surface area contributed by atoms with Crippen LogP contribution in [-0.2, 0) is 0 Å². The first-order valence-corrected chi connectivity index (χ1v) is 4.02. The Balaban J connectivity index is 2.39. The molecule has 0 atom stereocenters. The van der Waals surface area contributed by atoms with Gasteiger partial charge in [0.1, 0.15) is 0 Å². The first-order chi connectivity index (χ1) is 6.47. The fourth-order valence-electron chi connectivity index (χ4n) is 1.07. The number of aliphatic imine (C=N–C) groups is 1. The van der Waals surface area contributed by atoms with E-state index < -0.39 is 0 Å². The van der Waals surface area contributed by atoms with Crippen LogP contribution in [0.1, 0.15) is 5.69 Å². The molecule has 2 nitrogen and oxygen atoms in total. The minimum Gasteiger partial charge on any atom is -0.256 e. The number of rotatable bonds is 1. The molecular weight excluding hydrogens is 160 g/mol. The molecule has 2 heterocycles. The zero-order valence-electron chi connectivity index (χ0n) is 7.01. The molecule has 0 radical (unpaired) electrons. The van der Waals surface area contributed by atoms with Crippen LogP contribution in [0.15, 0.2) is 53.5 Å². The van der Waals surface area contributed by atoms with Crippen LogP contribution < -0.4 is 0 Å². The van der Waals surface area contributed by atoms with E-state index in [1.807, 2.05) is 30.4 Å². The Morgan fingerprint density at radius 3 is 3.08 bits per heavy atom. The molecule has 2 rings (SSSR count). The molecule has 1 aliphatic rings. The molecule has 0 saturated carbocycles. The van der Waals surface area contributed by atoms with E-state index in [4.69, 9.17) is 0 Å². The van der Waals surface area contributed by atoms with Gasteiger partial charge in [0.05, 0.1) is 11.9 Å². The largest absolute Gasteiger partial charge is 0.256 e. The van der Waals surface area contributed by atoms with Gasteiger partial charge in [-0.3, -0.25) is 9.98 Å². The standard InChI is InChI=1S/C11H8N2/c1-3-7-12-9-10(5-1)11-6-2-4-8-13-11/h1-2,4-9H. The van der Waals surface area contributed by atoms with Gasteiger partial charge in [-0.1, -0.05) is 6.07 Å². The van der Waals surface area contributed by atoms with Crippen molar-refractivity contribution in [2.45, 2.75) is 0 Å². The van der Waals surface area contributed by atoms with Gasteiger partial charge in [-0.05, 0) is 24.3 Å². The highest BCUT2D eigenvalue weighted by atomic mass is 14.7. The molecule has 0 N–H and O–H groups in total. The highest BCUT2D eigenvalue weighted by Gasteiger charge is 1.97. The number of aromatic nitrogens is 1. The third-order valence-electron chi connectivity index (χ3n) is 1.68. The van der Waals surface area contributed by atoms with E-state index in [2.05, 4.69) is 15.7 Å². The second kappa shape index (κ2) is 3.65. The fourth-order valence-corrected chi connectivity index (χ4v) is 1.07. The third-order valence-corrected chi connectivity index (χ3v) is 1.68. The van der Waals surface area contributed by atoms with Gasteiger partial charge in [0.25, 0.3) is 0 Å². The molecule has 0 fully saturated rings.